The number of carbonyl (C=O) groups excluding carboxylic acids is 1. The molecule has 28 heavy (non-hydrogen) atoms. The van der Waals surface area contributed by atoms with Crippen LogP contribution in [0, 0.1) is 0 Å². The molecule has 2 N–H and O–H groups in total. The maximum Gasteiger partial charge on any atom is 0.251 e. The van der Waals surface area contributed by atoms with Crippen LogP contribution < -0.4 is 5.32 Å². The van der Waals surface area contributed by atoms with Gasteiger partial charge in [0, 0.05) is 24.5 Å². The van der Waals surface area contributed by atoms with E-state index in [0.717, 1.165) is 23.0 Å². The van der Waals surface area contributed by atoms with Crippen LogP contribution in [0.5, 0.6) is 0 Å². The fourth-order valence-electron chi connectivity index (χ4n) is 2.96. The monoisotopic (exact) mass is 410 g/mol. The summed E-state index contributed by atoms with van der Waals surface area (Å²) in [6.45, 7) is 0.534. The van der Waals surface area contributed by atoms with Crippen molar-refractivity contribution in [2.45, 2.75) is 6.42 Å². The second kappa shape index (κ2) is 8.00. The highest BCUT2D eigenvalue weighted by atomic mass is 35.5. The number of rotatable bonds is 5. The maximum atomic E-state index is 12.5. The first-order valence-electron chi connectivity index (χ1n) is 8.73. The topological polar surface area (TPSA) is 70.7 Å². The number of amides is 1. The molecule has 0 atom stereocenters. The normalized spacial score (nSPS) is 10.9. The number of pyridine rings is 1. The zero-order chi connectivity index (χ0) is 19.5. The Labute approximate surface area is 171 Å². The Balaban J connectivity index is 1.52. The fraction of sp³-hybridized carbons (Fsp3) is 0.0952. The van der Waals surface area contributed by atoms with Gasteiger partial charge in [0.05, 0.1) is 26.6 Å². The van der Waals surface area contributed by atoms with E-state index in [4.69, 9.17) is 23.2 Å². The standard InChI is InChI=1S/C21H16Cl2N4O/c22-15-4-1-5-16(23)19(15)20-26-17-7-6-14(11-18(17)27-20)21(28)25-10-8-13-3-2-9-24-12-13/h1-7,9,11-12H,8,10H2,(H,25,28)(H,26,27). The van der Waals surface area contributed by atoms with Crippen LogP contribution in [0.3, 0.4) is 0 Å². The van der Waals surface area contributed by atoms with Crippen molar-refractivity contribution >= 4 is 40.1 Å². The van der Waals surface area contributed by atoms with E-state index in [0.29, 0.717) is 33.5 Å². The highest BCUT2D eigenvalue weighted by Crippen LogP contribution is 2.33. The number of nitrogens with one attached hydrogen (secondary N) is 2. The van der Waals surface area contributed by atoms with Gasteiger partial charge in [-0.25, -0.2) is 4.98 Å². The number of carbonyl (C=O) groups is 1. The van der Waals surface area contributed by atoms with Gasteiger partial charge in [0.1, 0.15) is 5.82 Å². The first-order chi connectivity index (χ1) is 13.6. The lowest BCUT2D eigenvalue weighted by molar-refractivity contribution is 0.0954. The van der Waals surface area contributed by atoms with Gasteiger partial charge in [0.2, 0.25) is 0 Å². The first-order valence-corrected chi connectivity index (χ1v) is 9.48. The molecule has 0 aliphatic rings. The Morgan fingerprint density at radius 1 is 1.07 bits per heavy atom. The van der Waals surface area contributed by atoms with E-state index in [1.54, 1.807) is 48.8 Å². The number of halogens is 2. The van der Waals surface area contributed by atoms with Crippen molar-refractivity contribution in [2.75, 3.05) is 6.54 Å². The summed E-state index contributed by atoms with van der Waals surface area (Å²) in [6.07, 6.45) is 4.25. The van der Waals surface area contributed by atoms with Gasteiger partial charge < -0.3 is 10.3 Å². The number of hydrogen-bond donors (Lipinski definition) is 2. The Morgan fingerprint density at radius 3 is 2.64 bits per heavy atom. The third kappa shape index (κ3) is 3.86. The summed E-state index contributed by atoms with van der Waals surface area (Å²) >= 11 is 12.5. The van der Waals surface area contributed by atoms with Crippen molar-refractivity contribution in [3.05, 3.63) is 82.1 Å². The molecular weight excluding hydrogens is 395 g/mol. The Kier molecular flexibility index (Phi) is 5.28. The summed E-state index contributed by atoms with van der Waals surface area (Å²) in [6, 6.07) is 14.5. The Morgan fingerprint density at radius 2 is 1.89 bits per heavy atom. The van der Waals surface area contributed by atoms with Crippen molar-refractivity contribution in [1.29, 1.82) is 0 Å². The second-order valence-corrected chi connectivity index (χ2v) is 7.10. The van der Waals surface area contributed by atoms with Crippen molar-refractivity contribution in [1.82, 2.24) is 20.3 Å². The Bertz CT molecular complexity index is 1120. The third-order valence-corrected chi connectivity index (χ3v) is 5.00. The minimum atomic E-state index is -0.141. The van der Waals surface area contributed by atoms with E-state index in [1.165, 1.54) is 0 Å². The highest BCUT2D eigenvalue weighted by Gasteiger charge is 2.14. The summed E-state index contributed by atoms with van der Waals surface area (Å²) in [7, 11) is 0. The fourth-order valence-corrected chi connectivity index (χ4v) is 3.54. The van der Waals surface area contributed by atoms with Gasteiger partial charge in [-0.2, -0.15) is 0 Å². The molecule has 5 nitrogen and oxygen atoms in total. The lowest BCUT2D eigenvalue weighted by atomic mass is 10.1. The minimum Gasteiger partial charge on any atom is -0.352 e. The lowest BCUT2D eigenvalue weighted by Crippen LogP contribution is -2.25. The van der Waals surface area contributed by atoms with Crippen molar-refractivity contribution in [2.24, 2.45) is 0 Å². The van der Waals surface area contributed by atoms with Crippen LogP contribution in [0.25, 0.3) is 22.4 Å². The van der Waals surface area contributed by atoms with E-state index >= 15 is 0 Å². The number of benzene rings is 2. The largest absolute Gasteiger partial charge is 0.352 e. The van der Waals surface area contributed by atoms with Gasteiger partial charge in [0.15, 0.2) is 0 Å². The van der Waals surface area contributed by atoms with Gasteiger partial charge in [-0.05, 0) is 48.4 Å². The Hall–Kier alpha value is -2.89. The molecule has 0 aliphatic heterocycles. The van der Waals surface area contributed by atoms with Gasteiger partial charge in [-0.3, -0.25) is 9.78 Å². The summed E-state index contributed by atoms with van der Waals surface area (Å²) in [5.74, 6) is 0.428. The van der Waals surface area contributed by atoms with Gasteiger partial charge in [0.25, 0.3) is 5.91 Å². The van der Waals surface area contributed by atoms with Crippen LogP contribution in [-0.4, -0.2) is 27.4 Å². The van der Waals surface area contributed by atoms with E-state index in [2.05, 4.69) is 20.3 Å². The average molecular weight is 411 g/mol. The molecule has 0 saturated heterocycles. The second-order valence-electron chi connectivity index (χ2n) is 6.28. The van der Waals surface area contributed by atoms with Crippen molar-refractivity contribution in [3.8, 4) is 11.4 Å². The number of aromatic amines is 1. The number of aromatic nitrogens is 3. The molecule has 4 rings (SSSR count). The van der Waals surface area contributed by atoms with Gasteiger partial charge >= 0.3 is 0 Å². The summed E-state index contributed by atoms with van der Waals surface area (Å²) in [4.78, 5) is 24.3. The molecule has 0 spiro atoms. The smallest absolute Gasteiger partial charge is 0.251 e. The van der Waals surface area contributed by atoms with E-state index in [1.807, 2.05) is 12.1 Å². The number of imidazole rings is 1. The first kappa shape index (κ1) is 18.5. The van der Waals surface area contributed by atoms with Gasteiger partial charge in [-0.15, -0.1) is 0 Å². The molecule has 2 aromatic heterocycles. The number of fused-ring (bicyclic) bond motifs is 1. The zero-order valence-corrected chi connectivity index (χ0v) is 16.3. The predicted octanol–water partition coefficient (Wildman–Crippen LogP) is 4.90. The molecule has 1 amide bonds. The SMILES string of the molecule is O=C(NCCc1cccnc1)c1ccc2nc(-c3c(Cl)cccc3Cl)[nH]c2c1. The molecule has 0 unspecified atom stereocenters. The molecule has 140 valence electrons. The molecule has 0 radical (unpaired) electrons. The predicted molar refractivity (Wildman–Crippen MR) is 112 cm³/mol. The van der Waals surface area contributed by atoms with Crippen LogP contribution in [0.4, 0.5) is 0 Å². The molecule has 0 aliphatic carbocycles. The van der Waals surface area contributed by atoms with Crippen LogP contribution in [0.1, 0.15) is 15.9 Å². The molecular formula is C21H16Cl2N4O. The van der Waals surface area contributed by atoms with E-state index < -0.39 is 0 Å². The van der Waals surface area contributed by atoms with E-state index in [9.17, 15) is 4.79 Å². The van der Waals surface area contributed by atoms with Crippen LogP contribution >= 0.6 is 23.2 Å². The van der Waals surface area contributed by atoms with Crippen molar-refractivity contribution < 1.29 is 4.79 Å². The lowest BCUT2D eigenvalue weighted by Gasteiger charge is -2.05. The summed E-state index contributed by atoms with van der Waals surface area (Å²) in [5.41, 5.74) is 3.75. The molecule has 4 aromatic rings. The number of H-pyrrole nitrogens is 1. The highest BCUT2D eigenvalue weighted by molar-refractivity contribution is 6.39. The van der Waals surface area contributed by atoms with Gasteiger partial charge in [-0.1, -0.05) is 35.3 Å². The summed E-state index contributed by atoms with van der Waals surface area (Å²) in [5, 5.41) is 3.95. The third-order valence-electron chi connectivity index (χ3n) is 4.37. The van der Waals surface area contributed by atoms with E-state index in [-0.39, 0.29) is 5.91 Å². The minimum absolute atomic E-state index is 0.141. The quantitative estimate of drug-likeness (QED) is 0.491. The van der Waals surface area contributed by atoms with Crippen LogP contribution in [0.15, 0.2) is 60.9 Å². The van der Waals surface area contributed by atoms with Crippen LogP contribution in [-0.2, 0) is 6.42 Å². The molecule has 0 bridgehead atoms. The number of hydrogen-bond acceptors (Lipinski definition) is 3. The average Bonchev–Trinajstić information content (AvgIpc) is 3.11. The number of nitrogens with zero attached hydrogens (tertiary/aromatic N) is 2. The van der Waals surface area contributed by atoms with Crippen molar-refractivity contribution in [3.63, 3.8) is 0 Å². The molecule has 2 aromatic carbocycles. The zero-order valence-electron chi connectivity index (χ0n) is 14.7. The molecule has 2 heterocycles. The molecule has 0 fully saturated rings. The summed E-state index contributed by atoms with van der Waals surface area (Å²) < 4.78 is 0. The molecule has 0 saturated carbocycles. The van der Waals surface area contributed by atoms with Crippen LogP contribution in [0.2, 0.25) is 10.0 Å². The maximum absolute atomic E-state index is 12.5. The molecule has 7 heteroatoms.